The van der Waals surface area contributed by atoms with Gasteiger partial charge in [0.2, 0.25) is 0 Å². The summed E-state index contributed by atoms with van der Waals surface area (Å²) < 4.78 is 25.6. The van der Waals surface area contributed by atoms with Crippen molar-refractivity contribution in [1.82, 2.24) is 5.32 Å². The molecule has 190 valence electrons. The van der Waals surface area contributed by atoms with Gasteiger partial charge in [0, 0.05) is 5.56 Å². The van der Waals surface area contributed by atoms with Crippen LogP contribution in [0.15, 0.2) is 83.2 Å². The highest BCUT2D eigenvalue weighted by Crippen LogP contribution is 2.37. The summed E-state index contributed by atoms with van der Waals surface area (Å²) in [5.41, 5.74) is 4.39. The maximum Gasteiger partial charge on any atom is 0.264 e. The third kappa shape index (κ3) is 6.89. The number of ether oxygens (including phenoxy) is 2. The van der Waals surface area contributed by atoms with E-state index in [1.54, 1.807) is 12.1 Å². The molecule has 0 unspecified atom stereocenters. The summed E-state index contributed by atoms with van der Waals surface area (Å²) >= 11 is 1.29. The first-order valence-electron chi connectivity index (χ1n) is 12.2. The van der Waals surface area contributed by atoms with Gasteiger partial charge in [0.15, 0.2) is 16.7 Å². The first-order valence-corrected chi connectivity index (χ1v) is 13.0. The minimum atomic E-state index is -0.312. The zero-order valence-electron chi connectivity index (χ0n) is 20.9. The molecule has 4 rings (SSSR count). The Balaban J connectivity index is 1.60. The molecule has 0 aliphatic carbocycles. The van der Waals surface area contributed by atoms with Crippen LogP contribution in [-0.4, -0.2) is 17.7 Å². The molecular formula is C30H29FN2O3S. The second kappa shape index (κ2) is 12.4. The van der Waals surface area contributed by atoms with Crippen molar-refractivity contribution in [3.63, 3.8) is 0 Å². The average Bonchev–Trinajstić information content (AvgIpc) is 3.22. The van der Waals surface area contributed by atoms with Crippen LogP contribution in [0.5, 0.6) is 11.5 Å². The smallest absolute Gasteiger partial charge is 0.264 e. The van der Waals surface area contributed by atoms with Gasteiger partial charge in [0.25, 0.3) is 5.91 Å². The van der Waals surface area contributed by atoms with E-state index in [2.05, 4.69) is 23.8 Å². The summed E-state index contributed by atoms with van der Waals surface area (Å²) in [5.74, 6) is 0.615. The van der Waals surface area contributed by atoms with Crippen molar-refractivity contribution in [2.24, 2.45) is 4.99 Å². The zero-order chi connectivity index (χ0) is 26.2. The van der Waals surface area contributed by atoms with Gasteiger partial charge in [-0.15, -0.1) is 6.58 Å². The minimum absolute atomic E-state index is 0.194. The van der Waals surface area contributed by atoms with Gasteiger partial charge in [0.1, 0.15) is 12.4 Å². The molecule has 5 nitrogen and oxygen atoms in total. The lowest BCUT2D eigenvalue weighted by Crippen LogP contribution is -2.19. The van der Waals surface area contributed by atoms with Crippen LogP contribution < -0.4 is 14.8 Å². The van der Waals surface area contributed by atoms with Crippen LogP contribution in [-0.2, 0) is 24.2 Å². The molecule has 1 N–H and O–H groups in total. The molecule has 0 atom stereocenters. The molecule has 1 aliphatic heterocycles. The molecule has 0 radical (unpaired) electrons. The lowest BCUT2D eigenvalue weighted by Gasteiger charge is -2.17. The molecule has 0 bridgehead atoms. The van der Waals surface area contributed by atoms with Crippen molar-refractivity contribution >= 4 is 34.6 Å². The van der Waals surface area contributed by atoms with E-state index in [0.29, 0.717) is 40.2 Å². The van der Waals surface area contributed by atoms with Gasteiger partial charge in [0.05, 0.1) is 17.2 Å². The molecule has 0 saturated carbocycles. The number of amides is 1. The van der Waals surface area contributed by atoms with Crippen molar-refractivity contribution in [3.05, 3.63) is 106 Å². The van der Waals surface area contributed by atoms with E-state index >= 15 is 0 Å². The highest BCUT2D eigenvalue weighted by Gasteiger charge is 2.24. The molecule has 3 aromatic carbocycles. The number of thioether (sulfide) groups is 1. The van der Waals surface area contributed by atoms with Crippen molar-refractivity contribution in [2.45, 2.75) is 33.3 Å². The molecule has 1 aliphatic rings. The number of hydrogen-bond donors (Lipinski definition) is 1. The van der Waals surface area contributed by atoms with E-state index in [4.69, 9.17) is 9.47 Å². The number of benzene rings is 3. The van der Waals surface area contributed by atoms with Crippen LogP contribution in [0.2, 0.25) is 0 Å². The number of halogens is 1. The molecule has 1 fully saturated rings. The van der Waals surface area contributed by atoms with Crippen LogP contribution >= 0.6 is 11.8 Å². The summed E-state index contributed by atoms with van der Waals surface area (Å²) in [6, 6.07) is 18.0. The van der Waals surface area contributed by atoms with Crippen LogP contribution in [0.1, 0.15) is 36.1 Å². The van der Waals surface area contributed by atoms with Gasteiger partial charge < -0.3 is 14.8 Å². The highest BCUT2D eigenvalue weighted by atomic mass is 32.2. The fourth-order valence-electron chi connectivity index (χ4n) is 3.84. The van der Waals surface area contributed by atoms with Crippen molar-refractivity contribution in [2.75, 3.05) is 6.61 Å². The van der Waals surface area contributed by atoms with Gasteiger partial charge >= 0.3 is 0 Å². The van der Waals surface area contributed by atoms with Gasteiger partial charge in [-0.05, 0) is 90.7 Å². The Morgan fingerprint density at radius 3 is 2.57 bits per heavy atom. The lowest BCUT2D eigenvalue weighted by molar-refractivity contribution is -0.115. The quantitative estimate of drug-likeness (QED) is 0.233. The highest BCUT2D eigenvalue weighted by molar-refractivity contribution is 8.18. The molecule has 0 aromatic heterocycles. The normalized spacial score (nSPS) is 15.2. The topological polar surface area (TPSA) is 59.9 Å². The second-order valence-electron chi connectivity index (χ2n) is 8.35. The third-order valence-corrected chi connectivity index (χ3v) is 6.52. The number of aryl methyl sites for hydroxylation is 1. The van der Waals surface area contributed by atoms with Crippen LogP contribution in [0.3, 0.4) is 0 Å². The van der Waals surface area contributed by atoms with E-state index < -0.39 is 0 Å². The predicted molar refractivity (Wildman–Crippen MR) is 149 cm³/mol. The molecule has 1 saturated heterocycles. The number of allylic oxidation sites excluding steroid dienone is 1. The van der Waals surface area contributed by atoms with Gasteiger partial charge in [-0.1, -0.05) is 37.3 Å². The number of amidine groups is 1. The van der Waals surface area contributed by atoms with E-state index in [9.17, 15) is 9.18 Å². The second-order valence-corrected chi connectivity index (χ2v) is 9.38. The lowest BCUT2D eigenvalue weighted by atomic mass is 10.0. The summed E-state index contributed by atoms with van der Waals surface area (Å²) in [7, 11) is 0. The number of nitrogens with one attached hydrogen (secondary N) is 1. The number of carbonyl (C=O) groups is 1. The number of nitrogens with zero attached hydrogens (tertiary/aromatic N) is 1. The van der Waals surface area contributed by atoms with Crippen molar-refractivity contribution < 1.29 is 18.7 Å². The Bertz CT molecular complexity index is 1350. The summed E-state index contributed by atoms with van der Waals surface area (Å²) in [4.78, 5) is 17.8. The van der Waals surface area contributed by atoms with Gasteiger partial charge in [-0.25, -0.2) is 9.38 Å². The molecule has 3 aromatic rings. The predicted octanol–water partition coefficient (Wildman–Crippen LogP) is 6.99. The molecule has 1 amide bonds. The Labute approximate surface area is 221 Å². The molecule has 7 heteroatoms. The van der Waals surface area contributed by atoms with Crippen LogP contribution in [0.4, 0.5) is 10.1 Å². The Morgan fingerprint density at radius 2 is 1.86 bits per heavy atom. The molecule has 37 heavy (non-hydrogen) atoms. The number of aliphatic imine (C=N–C) groups is 1. The first-order chi connectivity index (χ1) is 18.0. The van der Waals surface area contributed by atoms with Crippen LogP contribution in [0, 0.1) is 5.82 Å². The maximum atomic E-state index is 13.6. The molecule has 1 heterocycles. The fraction of sp³-hybridized carbons (Fsp3) is 0.200. The standard InChI is InChI=1S/C30H29FN2O3S/c1-4-8-23-15-22(17-26(35-6-3)28(23)36-19-21-9-7-10-24(31)16-21)18-27-29(34)33-30(37-27)32-25-13-11-20(5-2)12-14-25/h4,7,9-18H,1,5-6,8,19H2,2-3H3,(H,32,33,34)/b27-18-. The number of rotatable bonds is 10. The van der Waals surface area contributed by atoms with Crippen molar-refractivity contribution in [3.8, 4) is 11.5 Å². The summed E-state index contributed by atoms with van der Waals surface area (Å²) in [6.07, 6.45) is 5.09. The number of carbonyl (C=O) groups excluding carboxylic acids is 1. The van der Waals surface area contributed by atoms with Gasteiger partial charge in [-0.3, -0.25) is 4.79 Å². The first kappa shape index (κ1) is 26.2. The van der Waals surface area contributed by atoms with E-state index in [-0.39, 0.29) is 18.3 Å². The molecule has 0 spiro atoms. The van der Waals surface area contributed by atoms with E-state index in [1.807, 2.05) is 55.5 Å². The largest absolute Gasteiger partial charge is 0.490 e. The van der Waals surface area contributed by atoms with E-state index in [0.717, 1.165) is 23.2 Å². The Hall–Kier alpha value is -3.84. The van der Waals surface area contributed by atoms with Crippen molar-refractivity contribution in [1.29, 1.82) is 0 Å². The van der Waals surface area contributed by atoms with Crippen LogP contribution in [0.25, 0.3) is 6.08 Å². The minimum Gasteiger partial charge on any atom is -0.490 e. The summed E-state index contributed by atoms with van der Waals surface area (Å²) in [5, 5.41) is 3.37. The fourth-order valence-corrected chi connectivity index (χ4v) is 4.68. The van der Waals surface area contributed by atoms with E-state index in [1.165, 1.54) is 29.5 Å². The maximum absolute atomic E-state index is 13.6. The Kier molecular flexibility index (Phi) is 8.80. The SMILES string of the molecule is C=CCc1cc(/C=C2\SC(=Nc3ccc(CC)cc3)NC2=O)cc(OCC)c1OCc1cccc(F)c1. The monoisotopic (exact) mass is 516 g/mol. The van der Waals surface area contributed by atoms with Gasteiger partial charge in [-0.2, -0.15) is 0 Å². The number of hydrogen-bond acceptors (Lipinski definition) is 5. The third-order valence-electron chi connectivity index (χ3n) is 5.61. The average molecular weight is 517 g/mol. The molecular weight excluding hydrogens is 487 g/mol. The Morgan fingerprint density at radius 1 is 1.05 bits per heavy atom. The zero-order valence-corrected chi connectivity index (χ0v) is 21.7. The summed E-state index contributed by atoms with van der Waals surface area (Å²) in [6.45, 7) is 8.49.